The molecule has 0 saturated carbocycles. The number of thiazole rings is 1. The lowest BCUT2D eigenvalue weighted by atomic mass is 9.94. The minimum atomic E-state index is 0.110. The second kappa shape index (κ2) is 5.53. The highest BCUT2D eigenvalue weighted by atomic mass is 32.1. The van der Waals surface area contributed by atoms with Crippen LogP contribution in [0.15, 0.2) is 36.0 Å². The number of carbonyl (C=O) groups is 1. The number of hydrogen-bond donors (Lipinski definition) is 1. The zero-order valence-corrected chi connectivity index (χ0v) is 12.8. The van der Waals surface area contributed by atoms with E-state index in [0.717, 1.165) is 47.4 Å². The van der Waals surface area contributed by atoms with E-state index < -0.39 is 0 Å². The van der Waals surface area contributed by atoms with Crippen LogP contribution in [0.3, 0.4) is 0 Å². The molecular formula is C16H16N4OS. The molecule has 6 heteroatoms. The summed E-state index contributed by atoms with van der Waals surface area (Å²) in [5.41, 5.74) is 4.59. The van der Waals surface area contributed by atoms with E-state index in [9.17, 15) is 4.79 Å². The van der Waals surface area contributed by atoms with Gasteiger partial charge in [-0.3, -0.25) is 9.89 Å². The highest BCUT2D eigenvalue weighted by Crippen LogP contribution is 2.28. The van der Waals surface area contributed by atoms with Crippen LogP contribution in [-0.2, 0) is 0 Å². The number of hydrogen-bond acceptors (Lipinski definition) is 4. The van der Waals surface area contributed by atoms with E-state index in [-0.39, 0.29) is 5.91 Å². The van der Waals surface area contributed by atoms with Gasteiger partial charge in [0.05, 0.1) is 21.3 Å². The zero-order valence-electron chi connectivity index (χ0n) is 12.0. The van der Waals surface area contributed by atoms with Crippen molar-refractivity contribution in [2.24, 2.45) is 0 Å². The summed E-state index contributed by atoms with van der Waals surface area (Å²) in [6.45, 7) is 1.56. The van der Waals surface area contributed by atoms with Gasteiger partial charge in [0.25, 0.3) is 5.91 Å². The number of nitrogens with zero attached hydrogens (tertiary/aromatic N) is 3. The first kappa shape index (κ1) is 13.5. The van der Waals surface area contributed by atoms with E-state index in [1.807, 2.05) is 29.2 Å². The maximum atomic E-state index is 12.9. The maximum Gasteiger partial charge on any atom is 0.255 e. The van der Waals surface area contributed by atoms with Gasteiger partial charge < -0.3 is 4.90 Å². The van der Waals surface area contributed by atoms with Crippen molar-refractivity contribution < 1.29 is 4.79 Å². The van der Waals surface area contributed by atoms with Crippen LogP contribution < -0.4 is 0 Å². The fourth-order valence-corrected chi connectivity index (χ4v) is 3.93. The molecule has 0 bridgehead atoms. The van der Waals surface area contributed by atoms with E-state index in [2.05, 4.69) is 15.2 Å². The molecule has 0 radical (unpaired) electrons. The molecule has 3 aromatic rings. The smallest absolute Gasteiger partial charge is 0.255 e. The van der Waals surface area contributed by atoms with Gasteiger partial charge in [-0.05, 0) is 31.0 Å². The predicted molar refractivity (Wildman–Crippen MR) is 86.1 cm³/mol. The molecule has 1 aromatic carbocycles. The molecule has 1 saturated heterocycles. The number of piperidine rings is 1. The topological polar surface area (TPSA) is 61.9 Å². The van der Waals surface area contributed by atoms with Gasteiger partial charge in [0, 0.05) is 30.9 Å². The Morgan fingerprint density at radius 1 is 1.36 bits per heavy atom. The van der Waals surface area contributed by atoms with Gasteiger partial charge in [-0.2, -0.15) is 5.10 Å². The molecule has 0 aliphatic carbocycles. The van der Waals surface area contributed by atoms with Crippen molar-refractivity contribution in [3.8, 4) is 0 Å². The second-order valence-electron chi connectivity index (χ2n) is 5.61. The molecule has 22 heavy (non-hydrogen) atoms. The third-order valence-corrected chi connectivity index (χ3v) is 5.13. The largest absolute Gasteiger partial charge is 0.338 e. The van der Waals surface area contributed by atoms with Crippen molar-refractivity contribution in [3.05, 3.63) is 47.2 Å². The molecule has 1 unspecified atom stereocenters. The Morgan fingerprint density at radius 3 is 3.18 bits per heavy atom. The van der Waals surface area contributed by atoms with Crippen LogP contribution in [-0.4, -0.2) is 39.1 Å². The average molecular weight is 312 g/mol. The first-order valence-corrected chi connectivity index (χ1v) is 8.31. The minimum Gasteiger partial charge on any atom is -0.338 e. The molecule has 1 aliphatic rings. The van der Waals surface area contributed by atoms with E-state index in [0.29, 0.717) is 5.92 Å². The van der Waals surface area contributed by atoms with Crippen molar-refractivity contribution in [1.82, 2.24) is 20.1 Å². The summed E-state index contributed by atoms with van der Waals surface area (Å²) in [5, 5.41) is 7.06. The fraction of sp³-hybridized carbons (Fsp3) is 0.312. The van der Waals surface area contributed by atoms with Crippen molar-refractivity contribution in [1.29, 1.82) is 0 Å². The van der Waals surface area contributed by atoms with Crippen molar-refractivity contribution in [2.75, 3.05) is 13.1 Å². The lowest BCUT2D eigenvalue weighted by Crippen LogP contribution is -2.39. The van der Waals surface area contributed by atoms with Crippen LogP contribution in [0, 0.1) is 0 Å². The van der Waals surface area contributed by atoms with Gasteiger partial charge in [0.15, 0.2) is 0 Å². The molecule has 1 fully saturated rings. The predicted octanol–water partition coefficient (Wildman–Crippen LogP) is 3.04. The van der Waals surface area contributed by atoms with E-state index in [1.54, 1.807) is 11.7 Å². The lowest BCUT2D eigenvalue weighted by Gasteiger charge is -2.32. The molecule has 1 aliphatic heterocycles. The molecule has 4 rings (SSSR count). The summed E-state index contributed by atoms with van der Waals surface area (Å²) in [6.07, 6.45) is 3.89. The third-order valence-electron chi connectivity index (χ3n) is 4.26. The SMILES string of the molecule is O=C(c1cccc2ncsc12)N1CCCC(c2ccn[nH]2)C1. The first-order chi connectivity index (χ1) is 10.8. The number of rotatable bonds is 2. The fourth-order valence-electron chi connectivity index (χ4n) is 3.13. The Kier molecular flexibility index (Phi) is 3.38. The number of amides is 1. The molecule has 1 amide bonds. The van der Waals surface area contributed by atoms with Gasteiger partial charge in [0.2, 0.25) is 0 Å². The molecule has 5 nitrogen and oxygen atoms in total. The van der Waals surface area contributed by atoms with Crippen molar-refractivity contribution in [3.63, 3.8) is 0 Å². The highest BCUT2D eigenvalue weighted by molar-refractivity contribution is 7.17. The average Bonchev–Trinajstić information content (AvgIpc) is 3.25. The lowest BCUT2D eigenvalue weighted by molar-refractivity contribution is 0.0708. The standard InChI is InChI=1S/C16H16N4OS/c21-16(12-4-1-5-14-15(12)22-10-17-14)20-8-2-3-11(9-20)13-6-7-18-19-13/h1,4-7,10-11H,2-3,8-9H2,(H,18,19). The molecule has 1 N–H and O–H groups in total. The third kappa shape index (κ3) is 2.29. The Bertz CT molecular complexity index is 795. The monoisotopic (exact) mass is 312 g/mol. The van der Waals surface area contributed by atoms with E-state index in [1.165, 1.54) is 11.3 Å². The quantitative estimate of drug-likeness (QED) is 0.791. The van der Waals surface area contributed by atoms with Crippen molar-refractivity contribution in [2.45, 2.75) is 18.8 Å². The Labute approximate surface area is 132 Å². The highest BCUT2D eigenvalue weighted by Gasteiger charge is 2.27. The number of H-pyrrole nitrogens is 1. The summed E-state index contributed by atoms with van der Waals surface area (Å²) in [7, 11) is 0. The number of carbonyl (C=O) groups excluding carboxylic acids is 1. The number of aromatic amines is 1. The first-order valence-electron chi connectivity index (χ1n) is 7.43. The van der Waals surface area contributed by atoms with E-state index in [4.69, 9.17) is 0 Å². The number of nitrogens with one attached hydrogen (secondary N) is 1. The summed E-state index contributed by atoms with van der Waals surface area (Å²) in [4.78, 5) is 19.2. The summed E-state index contributed by atoms with van der Waals surface area (Å²) >= 11 is 1.53. The van der Waals surface area contributed by atoms with Crippen LogP contribution in [0.25, 0.3) is 10.2 Å². The molecular weight excluding hydrogens is 296 g/mol. The zero-order chi connectivity index (χ0) is 14.9. The van der Waals surface area contributed by atoms with Gasteiger partial charge >= 0.3 is 0 Å². The minimum absolute atomic E-state index is 0.110. The molecule has 1 atom stereocenters. The Balaban J connectivity index is 1.61. The van der Waals surface area contributed by atoms with E-state index >= 15 is 0 Å². The van der Waals surface area contributed by atoms with Gasteiger partial charge in [0.1, 0.15) is 0 Å². The van der Waals surface area contributed by atoms with Crippen LogP contribution in [0.5, 0.6) is 0 Å². The number of aromatic nitrogens is 3. The van der Waals surface area contributed by atoms with Gasteiger partial charge in [-0.25, -0.2) is 4.98 Å². The number of fused-ring (bicyclic) bond motifs is 1. The molecule has 3 heterocycles. The molecule has 2 aromatic heterocycles. The Morgan fingerprint density at radius 2 is 2.32 bits per heavy atom. The number of likely N-dealkylation sites (tertiary alicyclic amines) is 1. The number of benzene rings is 1. The normalized spacial score (nSPS) is 18.7. The van der Waals surface area contributed by atoms with Crippen LogP contribution in [0.4, 0.5) is 0 Å². The van der Waals surface area contributed by atoms with Crippen LogP contribution >= 0.6 is 11.3 Å². The van der Waals surface area contributed by atoms with Crippen LogP contribution in [0.1, 0.15) is 34.8 Å². The van der Waals surface area contributed by atoms with Crippen molar-refractivity contribution >= 4 is 27.5 Å². The summed E-state index contributed by atoms with van der Waals surface area (Å²) in [5.74, 6) is 0.458. The molecule has 112 valence electrons. The maximum absolute atomic E-state index is 12.9. The van der Waals surface area contributed by atoms with Gasteiger partial charge in [-0.15, -0.1) is 11.3 Å². The molecule has 0 spiro atoms. The van der Waals surface area contributed by atoms with Gasteiger partial charge in [-0.1, -0.05) is 6.07 Å². The van der Waals surface area contributed by atoms with Crippen LogP contribution in [0.2, 0.25) is 0 Å². The second-order valence-corrected chi connectivity index (χ2v) is 6.46. The summed E-state index contributed by atoms with van der Waals surface area (Å²) in [6, 6.07) is 7.77. The Hall–Kier alpha value is -2.21. The summed E-state index contributed by atoms with van der Waals surface area (Å²) < 4.78 is 0.983.